The fourth-order valence-corrected chi connectivity index (χ4v) is 3.59. The number of hydrogen-bond acceptors (Lipinski definition) is 6. The number of aryl methyl sites for hydroxylation is 2. The third-order valence-corrected chi connectivity index (χ3v) is 4.91. The first kappa shape index (κ1) is 19.8. The van der Waals surface area contributed by atoms with Crippen molar-refractivity contribution in [2.24, 2.45) is 0 Å². The number of ketones is 1. The zero-order valence-corrected chi connectivity index (χ0v) is 16.6. The molecule has 0 radical (unpaired) electrons. The summed E-state index contributed by atoms with van der Waals surface area (Å²) in [6, 6.07) is 2.89. The number of rotatable bonds is 6. The zero-order valence-electron chi connectivity index (χ0n) is 16.6. The fourth-order valence-electron chi connectivity index (χ4n) is 3.59. The molecule has 2 aromatic rings. The minimum Gasteiger partial charge on any atom is -0.507 e. The summed E-state index contributed by atoms with van der Waals surface area (Å²) in [5.41, 5.74) is 2.43. The summed E-state index contributed by atoms with van der Waals surface area (Å²) in [5, 5.41) is 17.9. The quantitative estimate of drug-likeness (QED) is 0.448. The molecule has 2 N–H and O–H groups in total. The first-order valence-corrected chi connectivity index (χ1v) is 9.18. The van der Waals surface area contributed by atoms with E-state index in [0.717, 1.165) is 6.54 Å². The topological polar surface area (TPSA) is 102 Å². The molecule has 2 aromatic heterocycles. The number of hydrogen-bond donors (Lipinski definition) is 2. The molecule has 0 aliphatic carbocycles. The highest BCUT2D eigenvalue weighted by Crippen LogP contribution is 2.39. The Bertz CT molecular complexity index is 898. The molecule has 1 saturated heterocycles. The zero-order chi connectivity index (χ0) is 20.4. The number of pyridine rings is 1. The van der Waals surface area contributed by atoms with Gasteiger partial charge in [-0.05, 0) is 52.5 Å². The number of nitrogens with one attached hydrogen (secondary N) is 1. The summed E-state index contributed by atoms with van der Waals surface area (Å²) in [6.07, 6.45) is 3.96. The number of aliphatic hydroxyl groups excluding tert-OH is 1. The molecule has 1 fully saturated rings. The third-order valence-electron chi connectivity index (χ3n) is 4.91. The minimum atomic E-state index is -0.684. The molecule has 8 nitrogen and oxygen atoms in total. The van der Waals surface area contributed by atoms with E-state index >= 15 is 0 Å². The summed E-state index contributed by atoms with van der Waals surface area (Å²) in [4.78, 5) is 33.4. The van der Waals surface area contributed by atoms with Gasteiger partial charge >= 0.3 is 0 Å². The predicted octanol–water partition coefficient (Wildman–Crippen LogP) is 1.79. The van der Waals surface area contributed by atoms with Gasteiger partial charge in [-0.2, -0.15) is 5.10 Å². The molecule has 3 heterocycles. The largest absolute Gasteiger partial charge is 0.507 e. The van der Waals surface area contributed by atoms with Gasteiger partial charge in [-0.25, -0.2) is 0 Å². The number of carbonyl (C=O) groups is 2. The molecule has 0 bridgehead atoms. The van der Waals surface area contributed by atoms with Crippen molar-refractivity contribution in [1.29, 1.82) is 0 Å². The van der Waals surface area contributed by atoms with E-state index in [1.807, 2.05) is 25.1 Å². The van der Waals surface area contributed by atoms with Gasteiger partial charge in [0.2, 0.25) is 0 Å². The van der Waals surface area contributed by atoms with Gasteiger partial charge in [-0.15, -0.1) is 0 Å². The molecule has 1 atom stereocenters. The number of amides is 1. The Morgan fingerprint density at radius 2 is 2.07 bits per heavy atom. The lowest BCUT2D eigenvalue weighted by molar-refractivity contribution is -0.139. The lowest BCUT2D eigenvalue weighted by Gasteiger charge is -2.25. The summed E-state index contributed by atoms with van der Waals surface area (Å²) in [7, 11) is 3.91. The second-order valence-corrected chi connectivity index (χ2v) is 7.24. The molecule has 8 heteroatoms. The summed E-state index contributed by atoms with van der Waals surface area (Å²) >= 11 is 0. The molecule has 148 valence electrons. The summed E-state index contributed by atoms with van der Waals surface area (Å²) < 4.78 is 0. The van der Waals surface area contributed by atoms with Crippen molar-refractivity contribution in [2.75, 3.05) is 27.2 Å². The van der Waals surface area contributed by atoms with Gasteiger partial charge in [0.15, 0.2) is 0 Å². The maximum atomic E-state index is 12.9. The first-order valence-electron chi connectivity index (χ1n) is 9.18. The number of carbonyl (C=O) groups excluding carboxylic acids is 2. The lowest BCUT2D eigenvalue weighted by Crippen LogP contribution is -2.32. The molecule has 1 amide bonds. The van der Waals surface area contributed by atoms with Gasteiger partial charge in [-0.3, -0.25) is 19.7 Å². The highest BCUT2D eigenvalue weighted by molar-refractivity contribution is 6.46. The van der Waals surface area contributed by atoms with Crippen LogP contribution in [-0.2, 0) is 9.59 Å². The molecule has 0 saturated carbocycles. The van der Waals surface area contributed by atoms with Crippen LogP contribution >= 0.6 is 0 Å². The number of H-pyrrole nitrogens is 1. The van der Waals surface area contributed by atoms with Crippen LogP contribution in [-0.4, -0.2) is 69.0 Å². The number of nitrogens with zero attached hydrogens (tertiary/aromatic N) is 4. The van der Waals surface area contributed by atoms with Crippen LogP contribution in [0.1, 0.15) is 35.0 Å². The van der Waals surface area contributed by atoms with Crippen molar-refractivity contribution in [2.45, 2.75) is 26.3 Å². The summed E-state index contributed by atoms with van der Waals surface area (Å²) in [6.45, 7) is 4.69. The Balaban J connectivity index is 2.10. The van der Waals surface area contributed by atoms with Crippen molar-refractivity contribution < 1.29 is 14.7 Å². The number of aromatic amines is 1. The average Bonchev–Trinajstić information content (AvgIpc) is 3.12. The second kappa shape index (κ2) is 7.93. The van der Waals surface area contributed by atoms with Crippen LogP contribution in [0.2, 0.25) is 0 Å². The highest BCUT2D eigenvalue weighted by atomic mass is 16.3. The van der Waals surface area contributed by atoms with Gasteiger partial charge in [0.25, 0.3) is 11.7 Å². The Morgan fingerprint density at radius 1 is 1.32 bits per heavy atom. The predicted molar refractivity (Wildman–Crippen MR) is 104 cm³/mol. The van der Waals surface area contributed by atoms with Crippen molar-refractivity contribution >= 4 is 17.4 Å². The second-order valence-electron chi connectivity index (χ2n) is 7.24. The van der Waals surface area contributed by atoms with Gasteiger partial charge < -0.3 is 14.9 Å². The third kappa shape index (κ3) is 3.55. The SMILES string of the molecule is Cc1n[nH]c(C)c1C(O)=C1C(=O)C(=O)N(CCCN(C)C)[C@@H]1c1cccnc1. The van der Waals surface area contributed by atoms with Crippen LogP contribution in [0.4, 0.5) is 0 Å². The van der Waals surface area contributed by atoms with Gasteiger partial charge in [0.05, 0.1) is 22.9 Å². The van der Waals surface area contributed by atoms with Crippen LogP contribution < -0.4 is 0 Å². The Morgan fingerprint density at radius 3 is 2.64 bits per heavy atom. The number of aliphatic hydroxyl groups is 1. The van der Waals surface area contributed by atoms with Crippen molar-refractivity contribution in [3.05, 3.63) is 52.6 Å². The van der Waals surface area contributed by atoms with Crippen molar-refractivity contribution in [3.63, 3.8) is 0 Å². The first-order chi connectivity index (χ1) is 13.3. The smallest absolute Gasteiger partial charge is 0.295 e. The Hall–Kier alpha value is -3.00. The summed E-state index contributed by atoms with van der Waals surface area (Å²) in [5.74, 6) is -1.49. The van der Waals surface area contributed by atoms with E-state index in [2.05, 4.69) is 15.2 Å². The van der Waals surface area contributed by atoms with E-state index < -0.39 is 17.7 Å². The normalized spacial score (nSPS) is 19.0. The van der Waals surface area contributed by atoms with Crippen LogP contribution in [0, 0.1) is 13.8 Å². The molecular formula is C20H25N5O3. The van der Waals surface area contributed by atoms with Crippen LogP contribution in [0.5, 0.6) is 0 Å². The number of Topliss-reactive ketones (excluding diaryl/α,β-unsaturated/α-hetero) is 1. The van der Waals surface area contributed by atoms with E-state index in [0.29, 0.717) is 35.5 Å². The molecule has 0 unspecified atom stereocenters. The van der Waals surface area contributed by atoms with Crippen molar-refractivity contribution in [3.8, 4) is 0 Å². The van der Waals surface area contributed by atoms with Gasteiger partial charge in [-0.1, -0.05) is 6.07 Å². The van der Waals surface area contributed by atoms with Crippen LogP contribution in [0.25, 0.3) is 5.76 Å². The average molecular weight is 383 g/mol. The molecule has 1 aliphatic heterocycles. The minimum absolute atomic E-state index is 0.0791. The van der Waals surface area contributed by atoms with E-state index in [1.165, 1.54) is 4.90 Å². The molecule has 28 heavy (non-hydrogen) atoms. The monoisotopic (exact) mass is 383 g/mol. The Labute approximate surface area is 163 Å². The van der Waals surface area contributed by atoms with Crippen molar-refractivity contribution in [1.82, 2.24) is 25.0 Å². The molecule has 0 aromatic carbocycles. The Kier molecular flexibility index (Phi) is 5.60. The highest BCUT2D eigenvalue weighted by Gasteiger charge is 2.46. The lowest BCUT2D eigenvalue weighted by atomic mass is 9.95. The van der Waals surface area contributed by atoms with Gasteiger partial charge in [0, 0.05) is 24.6 Å². The molecule has 3 rings (SSSR count). The van der Waals surface area contributed by atoms with Crippen LogP contribution in [0.15, 0.2) is 30.1 Å². The molecular weight excluding hydrogens is 358 g/mol. The van der Waals surface area contributed by atoms with Crippen LogP contribution in [0.3, 0.4) is 0 Å². The number of aromatic nitrogens is 3. The maximum absolute atomic E-state index is 12.9. The van der Waals surface area contributed by atoms with Gasteiger partial charge in [0.1, 0.15) is 5.76 Å². The van der Waals surface area contributed by atoms with E-state index in [1.54, 1.807) is 32.3 Å². The van der Waals surface area contributed by atoms with E-state index in [4.69, 9.17) is 0 Å². The van der Waals surface area contributed by atoms with E-state index in [-0.39, 0.29) is 11.3 Å². The molecule has 1 aliphatic rings. The fraction of sp³-hybridized carbons (Fsp3) is 0.400. The maximum Gasteiger partial charge on any atom is 0.295 e. The standard InChI is InChI=1S/C20H25N5O3/c1-12-15(13(2)23-22-12)18(26)16-17(14-7-5-8-21-11-14)25(20(28)19(16)27)10-6-9-24(3)4/h5,7-8,11,17,26H,6,9-10H2,1-4H3,(H,22,23)/t17-/m1/s1. The molecule has 0 spiro atoms. The van der Waals surface area contributed by atoms with E-state index in [9.17, 15) is 14.7 Å². The number of likely N-dealkylation sites (tertiary alicyclic amines) is 1.